The van der Waals surface area contributed by atoms with E-state index >= 15 is 0 Å². The highest BCUT2D eigenvalue weighted by Gasteiger charge is 2.34. The summed E-state index contributed by atoms with van der Waals surface area (Å²) in [7, 11) is 1.29. The Morgan fingerprint density at radius 3 is 2.32 bits per heavy atom. The van der Waals surface area contributed by atoms with Gasteiger partial charge in [0, 0.05) is 18.8 Å². The molecule has 7 nitrogen and oxygen atoms in total. The Labute approximate surface area is 172 Å². The number of alkyl halides is 3. The summed E-state index contributed by atoms with van der Waals surface area (Å²) in [4.78, 5) is 35.8. The molecule has 160 valence electrons. The first-order chi connectivity index (χ1) is 14.6. The smallest absolute Gasteiger partial charge is 0.322 e. The van der Waals surface area contributed by atoms with Crippen LogP contribution in [0.15, 0.2) is 59.4 Å². The number of anilines is 2. The van der Waals surface area contributed by atoms with Crippen LogP contribution in [0.2, 0.25) is 0 Å². The van der Waals surface area contributed by atoms with Gasteiger partial charge in [-0.3, -0.25) is 14.4 Å². The average Bonchev–Trinajstić information content (AvgIpc) is 2.70. The molecule has 0 aliphatic carbocycles. The van der Waals surface area contributed by atoms with Crippen LogP contribution in [-0.2, 0) is 13.2 Å². The molecule has 0 spiro atoms. The standard InChI is InChI=1S/C20H14F4N4O3/c1-28-17(29)9-8-16(27-28)19(31)26-15-7-6-11(10-13(15)20(22,23)24)25-18(30)12-4-2-3-5-14(12)21/h2-10H,1H3,(H,25,30)(H,26,31). The van der Waals surface area contributed by atoms with Crippen molar-refractivity contribution in [3.63, 3.8) is 0 Å². The first-order valence-electron chi connectivity index (χ1n) is 8.69. The number of benzene rings is 2. The van der Waals surface area contributed by atoms with Gasteiger partial charge in [0.25, 0.3) is 17.4 Å². The highest BCUT2D eigenvalue weighted by Crippen LogP contribution is 2.37. The van der Waals surface area contributed by atoms with Gasteiger partial charge in [-0.1, -0.05) is 12.1 Å². The van der Waals surface area contributed by atoms with Crippen molar-refractivity contribution in [2.75, 3.05) is 10.6 Å². The Morgan fingerprint density at radius 2 is 1.68 bits per heavy atom. The second-order valence-electron chi connectivity index (χ2n) is 6.33. The van der Waals surface area contributed by atoms with Crippen LogP contribution in [-0.4, -0.2) is 21.6 Å². The third kappa shape index (κ3) is 4.94. The molecule has 2 N–H and O–H groups in total. The van der Waals surface area contributed by atoms with Crippen LogP contribution in [0.1, 0.15) is 26.4 Å². The normalized spacial score (nSPS) is 11.1. The number of halogens is 4. The van der Waals surface area contributed by atoms with Crippen LogP contribution in [0, 0.1) is 5.82 Å². The van der Waals surface area contributed by atoms with E-state index in [1.165, 1.54) is 25.2 Å². The SMILES string of the molecule is Cn1nc(C(=O)Nc2ccc(NC(=O)c3ccccc3F)cc2C(F)(F)F)ccc1=O. The number of nitrogens with one attached hydrogen (secondary N) is 2. The highest BCUT2D eigenvalue weighted by atomic mass is 19.4. The minimum Gasteiger partial charge on any atom is -0.322 e. The Morgan fingerprint density at radius 1 is 0.968 bits per heavy atom. The fourth-order valence-corrected chi connectivity index (χ4v) is 2.62. The molecule has 2 aromatic carbocycles. The number of carbonyl (C=O) groups is 2. The first kappa shape index (κ1) is 21.7. The van der Waals surface area contributed by atoms with E-state index in [1.54, 1.807) is 0 Å². The Kier molecular flexibility index (Phi) is 5.86. The molecule has 3 rings (SSSR count). The van der Waals surface area contributed by atoms with E-state index in [1.807, 2.05) is 0 Å². The topological polar surface area (TPSA) is 93.1 Å². The van der Waals surface area contributed by atoms with Gasteiger partial charge < -0.3 is 10.6 Å². The molecule has 2 amide bonds. The van der Waals surface area contributed by atoms with Gasteiger partial charge in [-0.15, -0.1) is 0 Å². The van der Waals surface area contributed by atoms with Crippen molar-refractivity contribution in [1.82, 2.24) is 9.78 Å². The lowest BCUT2D eigenvalue weighted by Crippen LogP contribution is -2.24. The van der Waals surface area contributed by atoms with Gasteiger partial charge in [-0.25, -0.2) is 9.07 Å². The van der Waals surface area contributed by atoms with E-state index < -0.39 is 40.6 Å². The molecule has 0 bridgehead atoms. The Hall–Kier alpha value is -4.02. The molecule has 0 saturated heterocycles. The molecule has 0 fully saturated rings. The molecule has 0 atom stereocenters. The lowest BCUT2D eigenvalue weighted by atomic mass is 10.1. The van der Waals surface area contributed by atoms with Crippen LogP contribution in [0.5, 0.6) is 0 Å². The first-order valence-corrected chi connectivity index (χ1v) is 8.69. The van der Waals surface area contributed by atoms with E-state index in [-0.39, 0.29) is 16.9 Å². The molecular formula is C20H14F4N4O3. The molecule has 3 aromatic rings. The summed E-state index contributed by atoms with van der Waals surface area (Å²) >= 11 is 0. The predicted octanol–water partition coefficient (Wildman–Crippen LogP) is 3.44. The maximum absolute atomic E-state index is 13.7. The number of hydrogen-bond acceptors (Lipinski definition) is 4. The van der Waals surface area contributed by atoms with Gasteiger partial charge in [0.1, 0.15) is 11.5 Å². The molecule has 31 heavy (non-hydrogen) atoms. The molecule has 0 saturated carbocycles. The van der Waals surface area contributed by atoms with Crippen LogP contribution in [0.4, 0.5) is 28.9 Å². The molecule has 0 aliphatic rings. The summed E-state index contributed by atoms with van der Waals surface area (Å²) in [5.41, 5.74) is -3.18. The maximum atomic E-state index is 13.7. The number of rotatable bonds is 4. The predicted molar refractivity (Wildman–Crippen MR) is 103 cm³/mol. The molecule has 0 unspecified atom stereocenters. The molecule has 1 aromatic heterocycles. The van der Waals surface area contributed by atoms with Crippen molar-refractivity contribution >= 4 is 23.2 Å². The summed E-state index contributed by atoms with van der Waals surface area (Å²) in [6.07, 6.45) is -4.88. The van der Waals surface area contributed by atoms with Gasteiger partial charge >= 0.3 is 6.18 Å². The number of aryl methyl sites for hydroxylation is 1. The van der Waals surface area contributed by atoms with Gasteiger partial charge in [0.05, 0.1) is 16.8 Å². The largest absolute Gasteiger partial charge is 0.418 e. The zero-order valence-electron chi connectivity index (χ0n) is 15.8. The minimum atomic E-state index is -4.88. The van der Waals surface area contributed by atoms with Gasteiger partial charge in [0.2, 0.25) is 0 Å². The van der Waals surface area contributed by atoms with E-state index in [0.717, 1.165) is 35.0 Å². The number of amides is 2. The number of hydrogen-bond donors (Lipinski definition) is 2. The van der Waals surface area contributed by atoms with Crippen LogP contribution in [0.3, 0.4) is 0 Å². The van der Waals surface area contributed by atoms with Crippen molar-refractivity contribution in [3.8, 4) is 0 Å². The summed E-state index contributed by atoms with van der Waals surface area (Å²) < 4.78 is 55.2. The fraction of sp³-hybridized carbons (Fsp3) is 0.100. The van der Waals surface area contributed by atoms with Gasteiger partial charge in [-0.2, -0.15) is 18.3 Å². The van der Waals surface area contributed by atoms with Crippen LogP contribution in [0.25, 0.3) is 0 Å². The molecule has 1 heterocycles. The van der Waals surface area contributed by atoms with Gasteiger partial charge in [0.15, 0.2) is 0 Å². The zero-order chi connectivity index (χ0) is 22.8. The van der Waals surface area contributed by atoms with E-state index in [0.29, 0.717) is 6.07 Å². The summed E-state index contributed by atoms with van der Waals surface area (Å²) in [5, 5.41) is 7.97. The second kappa shape index (κ2) is 8.38. The summed E-state index contributed by atoms with van der Waals surface area (Å²) in [6, 6.07) is 9.81. The van der Waals surface area contributed by atoms with Crippen molar-refractivity contribution in [1.29, 1.82) is 0 Å². The molecule has 0 aliphatic heterocycles. The second-order valence-corrected chi connectivity index (χ2v) is 6.33. The Balaban J connectivity index is 1.89. The van der Waals surface area contributed by atoms with Crippen LogP contribution >= 0.6 is 0 Å². The lowest BCUT2D eigenvalue weighted by molar-refractivity contribution is -0.136. The van der Waals surface area contributed by atoms with Gasteiger partial charge in [-0.05, 0) is 36.4 Å². The van der Waals surface area contributed by atoms with Crippen molar-refractivity contribution < 1.29 is 27.2 Å². The number of aromatic nitrogens is 2. The molecular weight excluding hydrogens is 420 g/mol. The third-order valence-electron chi connectivity index (χ3n) is 4.14. The van der Waals surface area contributed by atoms with Crippen LogP contribution < -0.4 is 16.2 Å². The molecule has 11 heteroatoms. The fourth-order valence-electron chi connectivity index (χ4n) is 2.62. The minimum absolute atomic E-state index is 0.251. The monoisotopic (exact) mass is 434 g/mol. The Bertz CT molecular complexity index is 1220. The molecule has 0 radical (unpaired) electrons. The maximum Gasteiger partial charge on any atom is 0.418 e. The van der Waals surface area contributed by atoms with Crippen molar-refractivity contribution in [2.24, 2.45) is 7.05 Å². The summed E-state index contributed by atoms with van der Waals surface area (Å²) in [5.74, 6) is -2.73. The number of carbonyl (C=O) groups excluding carboxylic acids is 2. The quantitative estimate of drug-likeness (QED) is 0.616. The van der Waals surface area contributed by atoms with E-state index in [9.17, 15) is 31.9 Å². The lowest BCUT2D eigenvalue weighted by Gasteiger charge is -2.16. The van der Waals surface area contributed by atoms with Crippen molar-refractivity contribution in [3.05, 3.63) is 87.6 Å². The third-order valence-corrected chi connectivity index (χ3v) is 4.14. The summed E-state index contributed by atoms with van der Waals surface area (Å²) in [6.45, 7) is 0. The van der Waals surface area contributed by atoms with E-state index in [4.69, 9.17) is 0 Å². The zero-order valence-corrected chi connectivity index (χ0v) is 15.8. The average molecular weight is 434 g/mol. The number of nitrogens with zero attached hydrogens (tertiary/aromatic N) is 2. The highest BCUT2D eigenvalue weighted by molar-refractivity contribution is 6.05. The van der Waals surface area contributed by atoms with E-state index in [2.05, 4.69) is 15.7 Å². The van der Waals surface area contributed by atoms with Crippen molar-refractivity contribution in [2.45, 2.75) is 6.18 Å².